The number of benzene rings is 2. The lowest BCUT2D eigenvalue weighted by atomic mass is 10.1. The second-order valence-corrected chi connectivity index (χ2v) is 16.5. The first-order valence-corrected chi connectivity index (χ1v) is 21.5. The van der Waals surface area contributed by atoms with Gasteiger partial charge in [0.1, 0.15) is 17.6 Å². The third-order valence-electron chi connectivity index (χ3n) is 8.43. The van der Waals surface area contributed by atoms with Gasteiger partial charge < -0.3 is 19.1 Å². The van der Waals surface area contributed by atoms with Crippen molar-refractivity contribution >= 4 is 27.6 Å². The smallest absolute Gasteiger partial charge is 0.427 e. The molecule has 0 saturated carbocycles. The van der Waals surface area contributed by atoms with E-state index in [2.05, 4.69) is 11.9 Å². The molecule has 1 aliphatic rings. The standard InChI is InChI=1S/C38H50N2O14P2/c1-4-5-6-7-8-9-10-11-12-13-36(42)53-33-20-16-31(17-21-33)26-50-56(47,49-25-30-14-18-32(19-15-30)51-29(3)41)54-55(45,46)48-27-34-22-23-35(52-34)40-24-28(2)37(43)39-38(40)44/h14-24,34-35H,4-13,25-27H2,1-3H3,(H,45,46)(H,39,43,44)/t34-,35+,56?/m0/s1. The minimum atomic E-state index is -5.15. The third-order valence-corrected chi connectivity index (χ3v) is 11.4. The Bertz CT molecular complexity index is 1980. The van der Waals surface area contributed by atoms with Crippen LogP contribution in [0, 0.1) is 6.92 Å². The number of nitrogens with zero attached hydrogens (tertiary/aromatic N) is 1. The first kappa shape index (κ1) is 44.7. The lowest BCUT2D eigenvalue weighted by Gasteiger charge is -2.22. The van der Waals surface area contributed by atoms with Gasteiger partial charge in [0.15, 0.2) is 6.23 Å². The van der Waals surface area contributed by atoms with Crippen molar-refractivity contribution < 1.29 is 55.7 Å². The minimum absolute atomic E-state index is 0.258. The summed E-state index contributed by atoms with van der Waals surface area (Å²) in [6.45, 7) is 3.59. The molecule has 0 fully saturated rings. The van der Waals surface area contributed by atoms with Crippen LogP contribution in [0.5, 0.6) is 11.5 Å². The van der Waals surface area contributed by atoms with E-state index in [1.807, 2.05) is 0 Å². The van der Waals surface area contributed by atoms with E-state index >= 15 is 0 Å². The number of H-pyrrole nitrogens is 1. The average molecular weight is 821 g/mol. The van der Waals surface area contributed by atoms with Gasteiger partial charge in [-0.2, -0.15) is 4.31 Å². The number of aryl methyl sites for hydroxylation is 1. The number of phosphoric ester groups is 2. The number of nitrogens with one attached hydrogen (secondary N) is 1. The van der Waals surface area contributed by atoms with Crippen molar-refractivity contribution in [1.82, 2.24) is 9.55 Å². The summed E-state index contributed by atoms with van der Waals surface area (Å²) in [5.41, 5.74) is -0.122. The molecule has 18 heteroatoms. The van der Waals surface area contributed by atoms with Crippen LogP contribution in [0.2, 0.25) is 0 Å². The lowest BCUT2D eigenvalue weighted by Crippen LogP contribution is -2.33. The molecule has 0 spiro atoms. The number of esters is 2. The maximum atomic E-state index is 13.8. The second kappa shape index (κ2) is 22.1. The van der Waals surface area contributed by atoms with Crippen molar-refractivity contribution in [3.8, 4) is 11.5 Å². The molecule has 2 aromatic carbocycles. The van der Waals surface area contributed by atoms with Crippen molar-refractivity contribution in [3.63, 3.8) is 0 Å². The Labute approximate surface area is 325 Å². The van der Waals surface area contributed by atoms with Gasteiger partial charge in [-0.05, 0) is 54.8 Å². The zero-order valence-electron chi connectivity index (χ0n) is 31.8. The van der Waals surface area contributed by atoms with Crippen LogP contribution >= 0.6 is 15.6 Å². The number of aromatic amines is 1. The van der Waals surface area contributed by atoms with Gasteiger partial charge in [0, 0.05) is 25.1 Å². The second-order valence-electron chi connectivity index (χ2n) is 13.2. The molecule has 2 heterocycles. The molecule has 4 rings (SSSR count). The number of unbranched alkanes of at least 4 members (excludes halogenated alkanes) is 8. The highest BCUT2D eigenvalue weighted by Gasteiger charge is 2.39. The van der Waals surface area contributed by atoms with Crippen molar-refractivity contribution in [1.29, 1.82) is 0 Å². The third kappa shape index (κ3) is 15.5. The van der Waals surface area contributed by atoms with Crippen molar-refractivity contribution in [2.75, 3.05) is 6.61 Å². The molecule has 1 aliphatic heterocycles. The maximum absolute atomic E-state index is 13.8. The summed E-state index contributed by atoms with van der Waals surface area (Å²) in [6, 6.07) is 12.2. The van der Waals surface area contributed by atoms with E-state index in [0.717, 1.165) is 30.3 Å². The van der Waals surface area contributed by atoms with Crippen LogP contribution in [0.15, 0.2) is 76.5 Å². The molecule has 3 aromatic rings. The Morgan fingerprint density at radius 2 is 1.36 bits per heavy atom. The molecular weight excluding hydrogens is 770 g/mol. The fourth-order valence-corrected chi connectivity index (χ4v) is 8.06. The van der Waals surface area contributed by atoms with E-state index in [-0.39, 0.29) is 17.3 Å². The fourth-order valence-electron chi connectivity index (χ4n) is 5.46. The van der Waals surface area contributed by atoms with Gasteiger partial charge >= 0.3 is 33.3 Å². The predicted octanol–water partition coefficient (Wildman–Crippen LogP) is 7.73. The Kier molecular flexibility index (Phi) is 17.6. The van der Waals surface area contributed by atoms with Gasteiger partial charge in [0.25, 0.3) is 5.56 Å². The van der Waals surface area contributed by atoms with Gasteiger partial charge in [-0.15, -0.1) is 0 Å². The SMILES string of the molecule is CCCCCCCCCCCC(=O)Oc1ccc(COP(=O)(OCc2ccc(OC(C)=O)cc2)OP(=O)(O)OC[C@@H]2C=C[C@H](n3cc(C)c(=O)[nH]c3=O)O2)cc1. The van der Waals surface area contributed by atoms with E-state index in [1.54, 1.807) is 12.1 Å². The van der Waals surface area contributed by atoms with E-state index in [9.17, 15) is 33.2 Å². The Balaban J connectivity index is 1.32. The summed E-state index contributed by atoms with van der Waals surface area (Å²) in [6.07, 6.45) is 12.9. The van der Waals surface area contributed by atoms with Crippen molar-refractivity contribution in [2.24, 2.45) is 0 Å². The minimum Gasteiger partial charge on any atom is -0.427 e. The van der Waals surface area contributed by atoms with E-state index in [4.69, 9.17) is 32.1 Å². The number of rotatable bonds is 24. The molecule has 4 atom stereocenters. The van der Waals surface area contributed by atoms with Crippen molar-refractivity contribution in [3.05, 3.63) is 104 Å². The molecule has 306 valence electrons. The van der Waals surface area contributed by atoms with Crippen LogP contribution in [-0.2, 0) is 54.6 Å². The van der Waals surface area contributed by atoms with Crippen LogP contribution in [0.3, 0.4) is 0 Å². The number of carbonyl (C=O) groups is 2. The summed E-state index contributed by atoms with van der Waals surface area (Å²) in [4.78, 5) is 60.4. The summed E-state index contributed by atoms with van der Waals surface area (Å²) < 4.78 is 65.2. The van der Waals surface area contributed by atoms with Crippen LogP contribution in [0.1, 0.15) is 101 Å². The highest BCUT2D eigenvalue weighted by Crippen LogP contribution is 2.64. The van der Waals surface area contributed by atoms with E-state index < -0.39 is 65.0 Å². The van der Waals surface area contributed by atoms with Crippen LogP contribution in [0.4, 0.5) is 0 Å². The summed E-state index contributed by atoms with van der Waals surface area (Å²) in [5, 5.41) is 0. The number of hydrogen-bond acceptors (Lipinski definition) is 13. The molecule has 0 radical (unpaired) electrons. The zero-order chi connectivity index (χ0) is 40.6. The van der Waals surface area contributed by atoms with Gasteiger partial charge in [0.05, 0.1) is 19.8 Å². The Morgan fingerprint density at radius 3 is 1.93 bits per heavy atom. The normalized spacial score (nSPS) is 17.3. The molecule has 2 N–H and O–H groups in total. The topological polar surface area (TPSA) is 208 Å². The molecule has 0 bridgehead atoms. The predicted molar refractivity (Wildman–Crippen MR) is 205 cm³/mol. The summed E-state index contributed by atoms with van der Waals surface area (Å²) in [7, 11) is -10.0. The first-order valence-electron chi connectivity index (χ1n) is 18.5. The molecule has 0 amide bonds. The monoisotopic (exact) mass is 820 g/mol. The molecule has 1 aromatic heterocycles. The zero-order valence-corrected chi connectivity index (χ0v) is 33.6. The number of ether oxygens (including phenoxy) is 3. The molecule has 56 heavy (non-hydrogen) atoms. The molecule has 16 nitrogen and oxygen atoms in total. The number of phosphoric acid groups is 2. The number of carbonyl (C=O) groups excluding carboxylic acids is 2. The van der Waals surface area contributed by atoms with E-state index in [1.165, 1.54) is 101 Å². The molecular formula is C38H50N2O14P2. The fraction of sp³-hybridized carbons (Fsp3) is 0.474. The van der Waals surface area contributed by atoms with Gasteiger partial charge in [-0.1, -0.05) is 88.6 Å². The van der Waals surface area contributed by atoms with Crippen molar-refractivity contribution in [2.45, 2.75) is 111 Å². The first-order chi connectivity index (χ1) is 26.7. The summed E-state index contributed by atoms with van der Waals surface area (Å²) in [5.74, 6) is -0.304. The highest BCUT2D eigenvalue weighted by molar-refractivity contribution is 7.61. The van der Waals surface area contributed by atoms with Crippen LogP contribution in [0.25, 0.3) is 0 Å². The quantitative estimate of drug-likeness (QED) is 0.0292. The maximum Gasteiger partial charge on any atom is 0.484 e. The highest BCUT2D eigenvalue weighted by atomic mass is 31.3. The Hall–Kier alpha value is -3.98. The lowest BCUT2D eigenvalue weighted by molar-refractivity contribution is -0.134. The molecule has 2 unspecified atom stereocenters. The Morgan fingerprint density at radius 1 is 0.804 bits per heavy atom. The van der Waals surface area contributed by atoms with Gasteiger partial charge in [0.2, 0.25) is 0 Å². The number of hydrogen-bond donors (Lipinski definition) is 2. The average Bonchev–Trinajstić information content (AvgIpc) is 3.63. The van der Waals surface area contributed by atoms with Gasteiger partial charge in [-0.25, -0.2) is 13.9 Å². The van der Waals surface area contributed by atoms with E-state index in [0.29, 0.717) is 23.3 Å². The molecule has 0 saturated heterocycles. The van der Waals surface area contributed by atoms with Gasteiger partial charge in [-0.3, -0.25) is 37.5 Å². The van der Waals surface area contributed by atoms with Crippen LogP contribution < -0.4 is 20.7 Å². The largest absolute Gasteiger partial charge is 0.484 e. The summed E-state index contributed by atoms with van der Waals surface area (Å²) >= 11 is 0. The molecule has 0 aliphatic carbocycles. The van der Waals surface area contributed by atoms with Crippen LogP contribution in [-0.4, -0.2) is 39.1 Å². The number of aromatic nitrogens is 2.